The van der Waals surface area contributed by atoms with Crippen LogP contribution < -0.4 is 21.1 Å². The van der Waals surface area contributed by atoms with E-state index in [0.717, 1.165) is 12.0 Å². The summed E-state index contributed by atoms with van der Waals surface area (Å²) in [4.78, 5) is 37.0. The average Bonchev–Trinajstić information content (AvgIpc) is 2.74. The monoisotopic (exact) mass is 465 g/mol. The first kappa shape index (κ1) is 28.4. The summed E-state index contributed by atoms with van der Waals surface area (Å²) in [6.07, 6.45) is 1.78. The number of hydrogen-bond acceptors (Lipinski definition) is 6. The second kappa shape index (κ2) is 13.8. The minimum Gasteiger partial charge on any atom is -0.491 e. The molecular formula is C24H39N3O6. The SMILES string of the molecule is CCc1ccc(OC[C@H](N)CC(C)C)c(C(=O)N[C@@H](CC(C)C)C(=O)N[C@@H](CO)C(=O)O)c1. The number of aliphatic hydroxyl groups excluding tert-OH is 1. The molecule has 0 saturated heterocycles. The van der Waals surface area contributed by atoms with Gasteiger partial charge in [0, 0.05) is 6.04 Å². The van der Waals surface area contributed by atoms with E-state index in [9.17, 15) is 19.5 Å². The third-order valence-corrected chi connectivity index (χ3v) is 5.05. The Bertz CT molecular complexity index is 796. The highest BCUT2D eigenvalue weighted by Gasteiger charge is 2.28. The van der Waals surface area contributed by atoms with Crippen LogP contribution in [0.15, 0.2) is 18.2 Å². The number of aliphatic hydroxyl groups is 1. The molecule has 186 valence electrons. The summed E-state index contributed by atoms with van der Waals surface area (Å²) in [5, 5.41) is 23.3. The maximum Gasteiger partial charge on any atom is 0.328 e. The molecule has 0 saturated carbocycles. The number of carbonyl (C=O) groups excluding carboxylic acids is 2. The van der Waals surface area contributed by atoms with Gasteiger partial charge in [0.1, 0.15) is 24.4 Å². The molecule has 0 aliphatic rings. The minimum atomic E-state index is -1.45. The molecule has 0 aromatic heterocycles. The zero-order chi connectivity index (χ0) is 25.1. The highest BCUT2D eigenvalue weighted by molar-refractivity contribution is 6.00. The van der Waals surface area contributed by atoms with Crippen molar-refractivity contribution in [3.8, 4) is 5.75 Å². The van der Waals surface area contributed by atoms with Gasteiger partial charge in [-0.05, 0) is 48.8 Å². The molecule has 9 heteroatoms. The van der Waals surface area contributed by atoms with Gasteiger partial charge in [-0.25, -0.2) is 4.79 Å². The van der Waals surface area contributed by atoms with Gasteiger partial charge < -0.3 is 31.3 Å². The van der Waals surface area contributed by atoms with Gasteiger partial charge in [-0.2, -0.15) is 0 Å². The topological polar surface area (TPSA) is 151 Å². The molecule has 9 nitrogen and oxygen atoms in total. The number of nitrogens with two attached hydrogens (primary N) is 1. The van der Waals surface area contributed by atoms with Crippen molar-refractivity contribution in [1.82, 2.24) is 10.6 Å². The Morgan fingerprint density at radius 3 is 2.18 bits per heavy atom. The summed E-state index contributed by atoms with van der Waals surface area (Å²) in [6, 6.07) is 2.70. The van der Waals surface area contributed by atoms with Gasteiger partial charge in [-0.3, -0.25) is 9.59 Å². The maximum atomic E-state index is 13.2. The third-order valence-electron chi connectivity index (χ3n) is 5.05. The number of nitrogens with one attached hydrogen (secondary N) is 2. The van der Waals surface area contributed by atoms with Crippen molar-refractivity contribution in [2.45, 2.75) is 72.0 Å². The van der Waals surface area contributed by atoms with Gasteiger partial charge >= 0.3 is 5.97 Å². The number of amides is 2. The first-order valence-corrected chi connectivity index (χ1v) is 11.4. The number of carbonyl (C=O) groups is 3. The molecule has 0 unspecified atom stereocenters. The van der Waals surface area contributed by atoms with Crippen molar-refractivity contribution in [3.05, 3.63) is 29.3 Å². The number of aryl methyl sites for hydroxylation is 1. The summed E-state index contributed by atoms with van der Waals surface area (Å²) in [6.45, 7) is 9.37. The smallest absolute Gasteiger partial charge is 0.328 e. The fraction of sp³-hybridized carbons (Fsp3) is 0.625. The quantitative estimate of drug-likeness (QED) is 0.280. The van der Waals surface area contributed by atoms with Crippen molar-refractivity contribution in [2.75, 3.05) is 13.2 Å². The Labute approximate surface area is 196 Å². The summed E-state index contributed by atoms with van der Waals surface area (Å²) in [5.41, 5.74) is 7.33. The van der Waals surface area contributed by atoms with Crippen molar-refractivity contribution in [3.63, 3.8) is 0 Å². The second-order valence-corrected chi connectivity index (χ2v) is 9.12. The van der Waals surface area contributed by atoms with Crippen LogP contribution >= 0.6 is 0 Å². The Balaban J connectivity index is 3.09. The first-order chi connectivity index (χ1) is 15.5. The van der Waals surface area contributed by atoms with Crippen LogP contribution in [0, 0.1) is 11.8 Å². The number of rotatable bonds is 14. The van der Waals surface area contributed by atoms with Gasteiger partial charge in [-0.15, -0.1) is 0 Å². The number of benzene rings is 1. The van der Waals surface area contributed by atoms with Crippen LogP contribution in [0.5, 0.6) is 5.75 Å². The lowest BCUT2D eigenvalue weighted by Gasteiger charge is -2.23. The molecule has 0 bridgehead atoms. The Morgan fingerprint density at radius 2 is 1.67 bits per heavy atom. The Morgan fingerprint density at radius 1 is 1.03 bits per heavy atom. The van der Waals surface area contributed by atoms with Crippen LogP contribution in [0.25, 0.3) is 0 Å². The van der Waals surface area contributed by atoms with Crippen molar-refractivity contribution in [2.24, 2.45) is 17.6 Å². The lowest BCUT2D eigenvalue weighted by atomic mass is 10.0. The molecule has 0 radical (unpaired) electrons. The van der Waals surface area contributed by atoms with Crippen LogP contribution in [0.3, 0.4) is 0 Å². The minimum absolute atomic E-state index is 0.0465. The highest BCUT2D eigenvalue weighted by atomic mass is 16.5. The highest BCUT2D eigenvalue weighted by Crippen LogP contribution is 2.22. The van der Waals surface area contributed by atoms with Crippen molar-refractivity contribution < 1.29 is 29.3 Å². The summed E-state index contributed by atoms with van der Waals surface area (Å²) >= 11 is 0. The van der Waals surface area contributed by atoms with Crippen LogP contribution in [0.4, 0.5) is 0 Å². The zero-order valence-electron chi connectivity index (χ0n) is 20.3. The van der Waals surface area contributed by atoms with Crippen molar-refractivity contribution >= 4 is 17.8 Å². The van der Waals surface area contributed by atoms with Crippen LogP contribution in [-0.2, 0) is 16.0 Å². The van der Waals surface area contributed by atoms with Crippen LogP contribution in [0.2, 0.25) is 0 Å². The maximum absolute atomic E-state index is 13.2. The third kappa shape index (κ3) is 9.79. The van der Waals surface area contributed by atoms with Crippen LogP contribution in [-0.4, -0.2) is 59.3 Å². The van der Waals surface area contributed by atoms with Gasteiger partial charge in [-0.1, -0.05) is 40.7 Å². The lowest BCUT2D eigenvalue weighted by molar-refractivity contribution is -0.143. The van der Waals surface area contributed by atoms with Gasteiger partial charge in [0.15, 0.2) is 0 Å². The number of aliphatic carboxylic acids is 1. The molecule has 3 atom stereocenters. The largest absolute Gasteiger partial charge is 0.491 e. The van der Waals surface area contributed by atoms with Crippen molar-refractivity contribution in [1.29, 1.82) is 0 Å². The molecule has 2 amide bonds. The lowest BCUT2D eigenvalue weighted by Crippen LogP contribution is -2.53. The second-order valence-electron chi connectivity index (χ2n) is 9.12. The predicted molar refractivity (Wildman–Crippen MR) is 126 cm³/mol. The predicted octanol–water partition coefficient (Wildman–Crippen LogP) is 1.71. The molecule has 0 fully saturated rings. The fourth-order valence-corrected chi connectivity index (χ4v) is 3.37. The first-order valence-electron chi connectivity index (χ1n) is 11.4. The van der Waals surface area contributed by atoms with Gasteiger partial charge in [0.2, 0.25) is 5.91 Å². The summed E-state index contributed by atoms with van der Waals surface area (Å²) in [7, 11) is 0. The van der Waals surface area contributed by atoms with E-state index in [1.807, 2.05) is 26.8 Å². The zero-order valence-corrected chi connectivity index (χ0v) is 20.3. The molecule has 1 aromatic carbocycles. The normalized spacial score (nSPS) is 14.0. The number of ether oxygens (including phenoxy) is 1. The van der Waals surface area contributed by atoms with Gasteiger partial charge in [0.25, 0.3) is 5.91 Å². The van der Waals surface area contributed by atoms with E-state index < -0.39 is 36.5 Å². The molecule has 6 N–H and O–H groups in total. The Kier molecular flexibility index (Phi) is 11.9. The molecular weight excluding hydrogens is 426 g/mol. The fourth-order valence-electron chi connectivity index (χ4n) is 3.37. The number of carboxylic acids is 1. The number of carboxylic acid groups (broad SMARTS) is 1. The molecule has 33 heavy (non-hydrogen) atoms. The standard InChI is InChI=1S/C24H39N3O6/c1-6-16-7-8-21(33-13-17(25)9-14(2)3)18(11-16)22(29)26-19(10-15(4)5)23(30)27-20(12-28)24(31)32/h7-8,11,14-15,17,19-20,28H,6,9-10,12-13,25H2,1-5H3,(H,26,29)(H,27,30)(H,31,32)/t17-,19+,20+/m1/s1. The molecule has 0 aliphatic carbocycles. The van der Waals surface area contributed by atoms with E-state index in [1.54, 1.807) is 12.1 Å². The van der Waals surface area contributed by atoms with E-state index in [0.29, 0.717) is 18.1 Å². The van der Waals surface area contributed by atoms with E-state index in [-0.39, 0.29) is 30.6 Å². The Hall–Kier alpha value is -2.65. The molecule has 1 aromatic rings. The van der Waals surface area contributed by atoms with Crippen LogP contribution in [0.1, 0.15) is 63.4 Å². The number of hydrogen-bond donors (Lipinski definition) is 5. The molecule has 1 rings (SSSR count). The van der Waals surface area contributed by atoms with E-state index in [1.165, 1.54) is 0 Å². The molecule has 0 spiro atoms. The molecule has 0 heterocycles. The van der Waals surface area contributed by atoms with E-state index >= 15 is 0 Å². The van der Waals surface area contributed by atoms with E-state index in [4.69, 9.17) is 15.6 Å². The summed E-state index contributed by atoms with van der Waals surface area (Å²) < 4.78 is 5.86. The summed E-state index contributed by atoms with van der Waals surface area (Å²) in [5.74, 6) is -1.71. The molecule has 0 aliphatic heterocycles. The average molecular weight is 466 g/mol. The van der Waals surface area contributed by atoms with E-state index in [2.05, 4.69) is 24.5 Å². The van der Waals surface area contributed by atoms with Gasteiger partial charge in [0.05, 0.1) is 12.2 Å².